The largest absolute Gasteiger partial charge is 0.346 e. The zero-order valence-electron chi connectivity index (χ0n) is 11.2. The first-order chi connectivity index (χ1) is 9.24. The number of hydrogen-bond acceptors (Lipinski definition) is 2. The van der Waals surface area contributed by atoms with Crippen LogP contribution in [-0.4, -0.2) is 9.97 Å². The van der Waals surface area contributed by atoms with Crippen molar-refractivity contribution in [1.29, 1.82) is 0 Å². The second-order valence-electron chi connectivity index (χ2n) is 4.33. The zero-order valence-corrected chi connectivity index (χ0v) is 12.1. The van der Waals surface area contributed by atoms with Crippen LogP contribution in [0.4, 0.5) is 0 Å². The Morgan fingerprint density at radius 1 is 1.37 bits per heavy atom. The molecule has 2 aromatic rings. The summed E-state index contributed by atoms with van der Waals surface area (Å²) in [5.74, 6) is 0. The molecule has 0 atom stereocenters. The Labute approximate surface area is 119 Å². The van der Waals surface area contributed by atoms with Gasteiger partial charge in [-0.1, -0.05) is 30.4 Å². The van der Waals surface area contributed by atoms with E-state index in [2.05, 4.69) is 53.8 Å². The van der Waals surface area contributed by atoms with Gasteiger partial charge in [-0.05, 0) is 37.5 Å². The van der Waals surface area contributed by atoms with Crippen molar-refractivity contribution in [2.45, 2.75) is 25.2 Å². The standard InChI is InChI=1S/C16H18N2S/c1-3-5-6-7-12(4-2)8-13-10-17-16-15(13)9-14(19)11-18-16/h3-7,9-11,19H,8H2,1-2H3,(H,17,18)/b5-3-,7-6-,12-4+. The molecule has 0 saturated heterocycles. The average molecular weight is 270 g/mol. The molecule has 0 bridgehead atoms. The van der Waals surface area contributed by atoms with E-state index in [-0.39, 0.29) is 0 Å². The number of rotatable bonds is 4. The second kappa shape index (κ2) is 6.43. The molecule has 2 aromatic heterocycles. The van der Waals surface area contributed by atoms with Crippen LogP contribution in [0.25, 0.3) is 11.0 Å². The van der Waals surface area contributed by atoms with Gasteiger partial charge in [0.1, 0.15) is 5.65 Å². The fourth-order valence-electron chi connectivity index (χ4n) is 1.96. The first-order valence-corrected chi connectivity index (χ1v) is 6.79. The topological polar surface area (TPSA) is 28.7 Å². The molecule has 0 unspecified atom stereocenters. The molecule has 0 spiro atoms. The summed E-state index contributed by atoms with van der Waals surface area (Å²) in [5, 5.41) is 1.14. The highest BCUT2D eigenvalue weighted by Crippen LogP contribution is 2.22. The van der Waals surface area contributed by atoms with Gasteiger partial charge in [-0.25, -0.2) is 4.98 Å². The summed E-state index contributed by atoms with van der Waals surface area (Å²) in [4.78, 5) is 8.42. The highest BCUT2D eigenvalue weighted by molar-refractivity contribution is 7.80. The number of nitrogens with zero attached hydrogens (tertiary/aromatic N) is 1. The van der Waals surface area contributed by atoms with Crippen molar-refractivity contribution in [1.82, 2.24) is 9.97 Å². The number of H-pyrrole nitrogens is 1. The van der Waals surface area contributed by atoms with E-state index in [1.807, 2.05) is 25.3 Å². The molecular weight excluding hydrogens is 252 g/mol. The van der Waals surface area contributed by atoms with Gasteiger partial charge in [0.15, 0.2) is 0 Å². The van der Waals surface area contributed by atoms with E-state index in [0.717, 1.165) is 22.3 Å². The maximum absolute atomic E-state index is 4.35. The predicted molar refractivity (Wildman–Crippen MR) is 84.8 cm³/mol. The van der Waals surface area contributed by atoms with Crippen molar-refractivity contribution in [2.24, 2.45) is 0 Å². The molecule has 0 aliphatic carbocycles. The third-order valence-electron chi connectivity index (χ3n) is 2.98. The van der Waals surface area contributed by atoms with E-state index in [1.165, 1.54) is 11.1 Å². The minimum absolute atomic E-state index is 0.889. The Morgan fingerprint density at radius 3 is 2.95 bits per heavy atom. The maximum Gasteiger partial charge on any atom is 0.137 e. The number of fused-ring (bicyclic) bond motifs is 1. The Hall–Kier alpha value is -1.74. The predicted octanol–water partition coefficient (Wildman–Crippen LogP) is 4.47. The average Bonchev–Trinajstić information content (AvgIpc) is 2.80. The molecule has 19 heavy (non-hydrogen) atoms. The van der Waals surface area contributed by atoms with Crippen LogP contribution in [0, 0.1) is 0 Å². The third-order valence-corrected chi connectivity index (χ3v) is 3.23. The summed E-state index contributed by atoms with van der Waals surface area (Å²) in [5.41, 5.74) is 3.45. The molecule has 0 amide bonds. The highest BCUT2D eigenvalue weighted by Gasteiger charge is 2.06. The van der Waals surface area contributed by atoms with E-state index in [0.29, 0.717) is 0 Å². The highest BCUT2D eigenvalue weighted by atomic mass is 32.1. The van der Waals surface area contributed by atoms with Gasteiger partial charge < -0.3 is 4.98 Å². The molecule has 0 aromatic carbocycles. The minimum atomic E-state index is 0.889. The Morgan fingerprint density at radius 2 is 2.21 bits per heavy atom. The molecule has 0 radical (unpaired) electrons. The van der Waals surface area contributed by atoms with E-state index in [1.54, 1.807) is 6.20 Å². The summed E-state index contributed by atoms with van der Waals surface area (Å²) in [7, 11) is 0. The SMILES string of the molecule is C\C=C/C=C\C(=C/C)Cc1c[nH]c2ncc(S)cc12. The number of pyridine rings is 1. The lowest BCUT2D eigenvalue weighted by Crippen LogP contribution is -1.86. The fourth-order valence-corrected chi connectivity index (χ4v) is 2.15. The van der Waals surface area contributed by atoms with Gasteiger partial charge in [0.25, 0.3) is 0 Å². The molecule has 2 rings (SSSR count). The van der Waals surface area contributed by atoms with Crippen molar-refractivity contribution in [3.63, 3.8) is 0 Å². The van der Waals surface area contributed by atoms with Crippen molar-refractivity contribution in [3.05, 3.63) is 60.0 Å². The third kappa shape index (κ3) is 3.38. The van der Waals surface area contributed by atoms with Crippen molar-refractivity contribution >= 4 is 23.7 Å². The fraction of sp³-hybridized carbons (Fsp3) is 0.188. The van der Waals surface area contributed by atoms with Crippen molar-refractivity contribution in [2.75, 3.05) is 0 Å². The van der Waals surface area contributed by atoms with Crippen molar-refractivity contribution < 1.29 is 0 Å². The second-order valence-corrected chi connectivity index (χ2v) is 4.85. The number of aromatic amines is 1. The first-order valence-electron chi connectivity index (χ1n) is 6.34. The van der Waals surface area contributed by atoms with Crippen LogP contribution in [0.15, 0.2) is 59.3 Å². The molecule has 0 aliphatic heterocycles. The summed E-state index contributed by atoms with van der Waals surface area (Å²) in [6.07, 6.45) is 15.1. The van der Waals surface area contributed by atoms with E-state index in [9.17, 15) is 0 Å². The van der Waals surface area contributed by atoms with Crippen LogP contribution in [0.1, 0.15) is 19.4 Å². The molecule has 0 aliphatic rings. The maximum atomic E-state index is 4.35. The van der Waals surface area contributed by atoms with E-state index in [4.69, 9.17) is 0 Å². The molecule has 2 heterocycles. The monoisotopic (exact) mass is 270 g/mol. The van der Waals surface area contributed by atoms with Gasteiger partial charge in [-0.2, -0.15) is 0 Å². The molecule has 1 N–H and O–H groups in total. The molecule has 98 valence electrons. The quantitative estimate of drug-likeness (QED) is 0.622. The summed E-state index contributed by atoms with van der Waals surface area (Å²) in [6, 6.07) is 2.06. The molecular formula is C16H18N2S. The lowest BCUT2D eigenvalue weighted by atomic mass is 10.0. The lowest BCUT2D eigenvalue weighted by Gasteiger charge is -2.01. The Bertz CT molecular complexity index is 648. The van der Waals surface area contributed by atoms with Crippen LogP contribution in [0.5, 0.6) is 0 Å². The Kier molecular flexibility index (Phi) is 4.63. The smallest absolute Gasteiger partial charge is 0.137 e. The lowest BCUT2D eigenvalue weighted by molar-refractivity contribution is 1.20. The van der Waals surface area contributed by atoms with Gasteiger partial charge in [0, 0.05) is 22.7 Å². The zero-order chi connectivity index (χ0) is 13.7. The van der Waals surface area contributed by atoms with Crippen LogP contribution >= 0.6 is 12.6 Å². The van der Waals surface area contributed by atoms with Gasteiger partial charge >= 0.3 is 0 Å². The molecule has 0 fully saturated rings. The van der Waals surface area contributed by atoms with Crippen molar-refractivity contribution in [3.8, 4) is 0 Å². The molecule has 2 nitrogen and oxygen atoms in total. The Balaban J connectivity index is 2.27. The van der Waals surface area contributed by atoms with Crippen LogP contribution in [0.2, 0.25) is 0 Å². The van der Waals surface area contributed by atoms with Gasteiger partial charge in [0.2, 0.25) is 0 Å². The minimum Gasteiger partial charge on any atom is -0.346 e. The number of hydrogen-bond donors (Lipinski definition) is 2. The van der Waals surface area contributed by atoms with E-state index < -0.39 is 0 Å². The van der Waals surface area contributed by atoms with Crippen LogP contribution in [-0.2, 0) is 6.42 Å². The van der Waals surface area contributed by atoms with Gasteiger partial charge in [-0.3, -0.25) is 0 Å². The van der Waals surface area contributed by atoms with Gasteiger partial charge in [-0.15, -0.1) is 12.6 Å². The van der Waals surface area contributed by atoms with Crippen LogP contribution in [0.3, 0.4) is 0 Å². The summed E-state index contributed by atoms with van der Waals surface area (Å²) in [6.45, 7) is 4.08. The normalized spacial score (nSPS) is 13.1. The summed E-state index contributed by atoms with van der Waals surface area (Å²) < 4.78 is 0. The van der Waals surface area contributed by atoms with Crippen LogP contribution < -0.4 is 0 Å². The number of aromatic nitrogens is 2. The number of nitrogens with one attached hydrogen (secondary N) is 1. The first kappa shape index (κ1) is 13.7. The number of thiol groups is 1. The van der Waals surface area contributed by atoms with Gasteiger partial charge in [0.05, 0.1) is 0 Å². The molecule has 3 heteroatoms. The summed E-state index contributed by atoms with van der Waals surface area (Å²) >= 11 is 4.35. The van der Waals surface area contributed by atoms with E-state index >= 15 is 0 Å². The number of allylic oxidation sites excluding steroid dienone is 6. The molecule has 0 saturated carbocycles.